The van der Waals surface area contributed by atoms with Crippen molar-refractivity contribution in [3.05, 3.63) is 82.4 Å². The number of methoxy groups -OCH3 is 2. The summed E-state index contributed by atoms with van der Waals surface area (Å²) in [7, 11) is 3.22. The predicted molar refractivity (Wildman–Crippen MR) is 139 cm³/mol. The van der Waals surface area contributed by atoms with Gasteiger partial charge in [0.05, 0.1) is 38.3 Å². The highest BCUT2D eigenvalue weighted by molar-refractivity contribution is 6.30. The van der Waals surface area contributed by atoms with Crippen LogP contribution in [0.3, 0.4) is 0 Å². The van der Waals surface area contributed by atoms with Gasteiger partial charge in [0, 0.05) is 28.8 Å². The van der Waals surface area contributed by atoms with Crippen molar-refractivity contribution in [3.8, 4) is 17.2 Å². The first kappa shape index (κ1) is 25.7. The zero-order chi connectivity index (χ0) is 26.6. The zero-order valence-corrected chi connectivity index (χ0v) is 22.1. The Morgan fingerprint density at radius 2 is 1.97 bits per heavy atom. The quantitative estimate of drug-likeness (QED) is 0.288. The maximum atomic E-state index is 11.8. The van der Waals surface area contributed by atoms with Gasteiger partial charge in [-0.1, -0.05) is 23.7 Å². The van der Waals surface area contributed by atoms with E-state index in [0.29, 0.717) is 41.8 Å². The summed E-state index contributed by atoms with van der Waals surface area (Å²) >= 11 is 6.47. The van der Waals surface area contributed by atoms with Crippen LogP contribution < -0.4 is 9.47 Å². The number of benzene rings is 2. The second-order valence-electron chi connectivity index (χ2n) is 8.67. The Morgan fingerprint density at radius 1 is 1.11 bits per heavy atom. The van der Waals surface area contributed by atoms with Crippen LogP contribution in [0, 0.1) is 0 Å². The topological polar surface area (TPSA) is 103 Å². The van der Waals surface area contributed by atoms with Crippen LogP contribution in [-0.4, -0.2) is 51.6 Å². The van der Waals surface area contributed by atoms with Gasteiger partial charge >= 0.3 is 5.97 Å². The Hall–Kier alpha value is -3.89. The fourth-order valence-electron chi connectivity index (χ4n) is 4.74. The highest BCUT2D eigenvalue weighted by atomic mass is 35.5. The molecule has 0 unspecified atom stereocenters. The minimum Gasteiger partial charge on any atom is -0.493 e. The molecule has 3 heterocycles. The molecule has 0 bridgehead atoms. The van der Waals surface area contributed by atoms with E-state index in [9.17, 15) is 4.79 Å². The van der Waals surface area contributed by atoms with E-state index in [-0.39, 0.29) is 12.6 Å². The summed E-state index contributed by atoms with van der Waals surface area (Å²) in [4.78, 5) is 13.0. The number of hydrogen-bond acceptors (Lipinski definition) is 8. The van der Waals surface area contributed by atoms with Gasteiger partial charge in [-0.15, -0.1) is 10.2 Å². The first-order chi connectivity index (χ1) is 18.5. The van der Waals surface area contributed by atoms with Crippen molar-refractivity contribution in [3.63, 3.8) is 0 Å². The average molecular weight is 538 g/mol. The lowest BCUT2D eigenvalue weighted by Gasteiger charge is -2.25. The number of halogens is 1. The Labute approximate surface area is 225 Å². The fourth-order valence-corrected chi connectivity index (χ4v) is 4.92. The fraction of sp³-hybridized carbons (Fsp3) is 0.333. The molecule has 0 fully saturated rings. The number of fused-ring (bicyclic) bond motifs is 3. The Bertz CT molecular complexity index is 1430. The van der Waals surface area contributed by atoms with Gasteiger partial charge < -0.3 is 23.5 Å². The summed E-state index contributed by atoms with van der Waals surface area (Å²) in [6, 6.07) is 15.6. The van der Waals surface area contributed by atoms with Crippen LogP contribution in [0.1, 0.15) is 48.2 Å². The number of para-hydroxylation sites is 1. The minimum atomic E-state index is -0.494. The number of ether oxygens (including phenoxy) is 4. The van der Waals surface area contributed by atoms with Crippen molar-refractivity contribution < 1.29 is 23.7 Å². The van der Waals surface area contributed by atoms with Gasteiger partial charge in [0.15, 0.2) is 23.9 Å². The highest BCUT2D eigenvalue weighted by Gasteiger charge is 2.33. The Balaban J connectivity index is 1.49. The molecule has 0 radical (unpaired) electrons. The molecular weight excluding hydrogens is 510 g/mol. The zero-order valence-electron chi connectivity index (χ0n) is 21.3. The van der Waals surface area contributed by atoms with Gasteiger partial charge in [0.25, 0.3) is 0 Å². The number of nitrogens with zero attached hydrogens (tertiary/aromatic N) is 5. The van der Waals surface area contributed by atoms with Crippen molar-refractivity contribution in [1.29, 1.82) is 0 Å². The van der Waals surface area contributed by atoms with E-state index in [2.05, 4.69) is 20.0 Å². The maximum absolute atomic E-state index is 11.8. The molecule has 2 atom stereocenters. The molecule has 2 aromatic heterocycles. The van der Waals surface area contributed by atoms with Crippen LogP contribution in [0.5, 0.6) is 11.5 Å². The number of tetrazole rings is 1. The molecule has 2 aromatic carbocycles. The Morgan fingerprint density at radius 3 is 2.76 bits per heavy atom. The lowest BCUT2D eigenvalue weighted by atomic mass is 9.98. The second-order valence-corrected chi connectivity index (χ2v) is 9.11. The summed E-state index contributed by atoms with van der Waals surface area (Å²) in [6.45, 7) is 1.96. The van der Waals surface area contributed by atoms with Gasteiger partial charge in [-0.2, -0.15) is 4.80 Å². The molecule has 0 saturated heterocycles. The third-order valence-corrected chi connectivity index (χ3v) is 6.59. The van der Waals surface area contributed by atoms with Gasteiger partial charge in [-0.3, -0.25) is 0 Å². The summed E-state index contributed by atoms with van der Waals surface area (Å²) in [5, 5.41) is 13.0. The number of carbonyl (C=O) groups is 1. The normalized spacial score (nSPS) is 16.3. The molecule has 0 saturated carbocycles. The van der Waals surface area contributed by atoms with Crippen LogP contribution in [0.4, 0.5) is 0 Å². The number of aryl methyl sites for hydroxylation is 1. The molecule has 1 aliphatic rings. The van der Waals surface area contributed by atoms with E-state index in [4.69, 9.17) is 30.5 Å². The number of aromatic nitrogens is 5. The average Bonchev–Trinajstić information content (AvgIpc) is 3.56. The summed E-state index contributed by atoms with van der Waals surface area (Å²) < 4.78 is 25.3. The first-order valence-electron chi connectivity index (χ1n) is 12.3. The summed E-state index contributed by atoms with van der Waals surface area (Å²) in [5.41, 5.74) is 3.68. The molecule has 4 aromatic rings. The van der Waals surface area contributed by atoms with Crippen LogP contribution in [-0.2, 0) is 27.2 Å². The largest absolute Gasteiger partial charge is 0.493 e. The van der Waals surface area contributed by atoms with Crippen molar-refractivity contribution >= 4 is 17.6 Å². The van der Waals surface area contributed by atoms with Crippen LogP contribution in [0.2, 0.25) is 5.02 Å². The minimum absolute atomic E-state index is 0.0859. The van der Waals surface area contributed by atoms with Gasteiger partial charge in [-0.05, 0) is 55.0 Å². The van der Waals surface area contributed by atoms with E-state index < -0.39 is 12.1 Å². The molecule has 0 aliphatic carbocycles. The molecular formula is C27H28ClN5O5. The number of esters is 1. The third kappa shape index (κ3) is 5.09. The van der Waals surface area contributed by atoms with Crippen molar-refractivity contribution in [1.82, 2.24) is 24.8 Å². The lowest BCUT2D eigenvalue weighted by Crippen LogP contribution is -2.16. The van der Waals surface area contributed by atoms with Gasteiger partial charge in [0.2, 0.25) is 0 Å². The van der Waals surface area contributed by atoms with Crippen molar-refractivity contribution in [2.45, 2.75) is 38.5 Å². The van der Waals surface area contributed by atoms with Crippen molar-refractivity contribution in [2.75, 3.05) is 20.8 Å². The second kappa shape index (κ2) is 11.2. The monoisotopic (exact) mass is 537 g/mol. The van der Waals surface area contributed by atoms with E-state index in [1.807, 2.05) is 54.7 Å². The molecule has 11 heteroatoms. The molecule has 0 amide bonds. The maximum Gasteiger partial charge on any atom is 0.329 e. The Kier molecular flexibility index (Phi) is 7.62. The van der Waals surface area contributed by atoms with Gasteiger partial charge in [-0.25, -0.2) is 4.79 Å². The third-order valence-electron chi connectivity index (χ3n) is 6.36. The number of hydrogen-bond donors (Lipinski definition) is 0. The van der Waals surface area contributed by atoms with E-state index in [0.717, 1.165) is 22.5 Å². The molecule has 0 N–H and O–H groups in total. The SMILES string of the molecule is CCOC(=O)Cn1nnc(CC[C@H]2O[C@H](c3cccc(OC)c3OC)c3cc(Cl)ccc3-n3cccc32)n1. The molecule has 1 aliphatic heterocycles. The predicted octanol–water partition coefficient (Wildman–Crippen LogP) is 4.49. The number of rotatable bonds is 9. The smallest absolute Gasteiger partial charge is 0.329 e. The van der Waals surface area contributed by atoms with E-state index in [1.165, 1.54) is 4.80 Å². The lowest BCUT2D eigenvalue weighted by molar-refractivity contribution is -0.144. The van der Waals surface area contributed by atoms with E-state index >= 15 is 0 Å². The molecule has 5 rings (SSSR count). The standard InChI is InChI=1S/C27H28ClN5O5/c1-4-37-25(34)16-33-30-24(29-31-33)13-12-22-21-8-6-14-32(21)20-11-10-17(28)15-19(20)26(38-22)18-7-5-9-23(35-2)27(18)36-3/h5-11,14-15,22,26H,4,12-13,16H2,1-3H3/t22-,26-/m1/s1. The highest BCUT2D eigenvalue weighted by Crippen LogP contribution is 2.46. The van der Waals surface area contributed by atoms with Crippen LogP contribution in [0.15, 0.2) is 54.7 Å². The van der Waals surface area contributed by atoms with Gasteiger partial charge in [0.1, 0.15) is 6.10 Å². The summed E-state index contributed by atoms with van der Waals surface area (Å²) in [6.07, 6.45) is 2.25. The molecule has 198 valence electrons. The summed E-state index contributed by atoms with van der Waals surface area (Å²) in [5.74, 6) is 1.31. The molecule has 0 spiro atoms. The number of carbonyl (C=O) groups excluding carboxylic acids is 1. The molecule has 10 nitrogen and oxygen atoms in total. The first-order valence-corrected chi connectivity index (χ1v) is 12.7. The van der Waals surface area contributed by atoms with Crippen LogP contribution in [0.25, 0.3) is 5.69 Å². The van der Waals surface area contributed by atoms with E-state index in [1.54, 1.807) is 21.1 Å². The van der Waals surface area contributed by atoms with Crippen LogP contribution >= 0.6 is 11.6 Å². The van der Waals surface area contributed by atoms with Crippen molar-refractivity contribution in [2.24, 2.45) is 0 Å². The molecule has 38 heavy (non-hydrogen) atoms.